The van der Waals surface area contributed by atoms with Gasteiger partial charge in [0.2, 0.25) is 0 Å². The second kappa shape index (κ2) is 2.15. The molecule has 0 bridgehead atoms. The first-order valence-electron chi connectivity index (χ1n) is 1.42. The monoisotopic (exact) mass is 256 g/mol. The first kappa shape index (κ1) is 8.71. The van der Waals surface area contributed by atoms with Crippen molar-refractivity contribution in [3.63, 3.8) is 0 Å². The van der Waals surface area contributed by atoms with Gasteiger partial charge < -0.3 is 5.11 Å². The van der Waals surface area contributed by atoms with Crippen molar-refractivity contribution in [2.24, 2.45) is 0 Å². The van der Waals surface area contributed by atoms with E-state index in [1.807, 2.05) is 0 Å². The van der Waals surface area contributed by atoms with Crippen molar-refractivity contribution in [2.45, 2.75) is 9.60 Å². The lowest BCUT2D eigenvalue weighted by Gasteiger charge is -2.15. The van der Waals surface area contributed by atoms with E-state index in [0.29, 0.717) is 0 Å². The highest BCUT2D eigenvalue weighted by Crippen LogP contribution is 2.40. The van der Waals surface area contributed by atoms with Crippen LogP contribution in [0.25, 0.3) is 0 Å². The van der Waals surface area contributed by atoms with Crippen LogP contribution in [0.3, 0.4) is 0 Å². The fourth-order valence-electron chi connectivity index (χ4n) is 0. The van der Waals surface area contributed by atoms with Crippen LogP contribution in [-0.2, 0) is 0 Å². The number of halogens is 5. The van der Waals surface area contributed by atoms with Gasteiger partial charge >= 0.3 is 9.60 Å². The van der Waals surface area contributed by atoms with E-state index >= 15 is 0 Å². The molecular weight excluding hydrogens is 257 g/mol. The molecule has 0 aliphatic heterocycles. The molecule has 0 aromatic rings. The number of alkyl halides is 5. The third-order valence-electron chi connectivity index (χ3n) is 0.341. The van der Waals surface area contributed by atoms with Gasteiger partial charge in [-0.05, 0) is 31.9 Å². The van der Waals surface area contributed by atoms with Crippen molar-refractivity contribution in [1.82, 2.24) is 0 Å². The summed E-state index contributed by atoms with van der Waals surface area (Å²) >= 11 is 3.28. The standard InChI is InChI=1S/C2HBr2F3O/c3-1(5,6)2(4,7)8/h8H. The maximum atomic E-state index is 11.6. The highest BCUT2D eigenvalue weighted by Gasteiger charge is 2.49. The summed E-state index contributed by atoms with van der Waals surface area (Å²) in [7, 11) is 0. The zero-order valence-electron chi connectivity index (χ0n) is 3.34. The Morgan fingerprint density at radius 1 is 1.12 bits per heavy atom. The Morgan fingerprint density at radius 2 is 1.25 bits per heavy atom. The molecule has 1 nitrogen and oxygen atoms in total. The predicted molar refractivity (Wildman–Crippen MR) is 28.9 cm³/mol. The van der Waals surface area contributed by atoms with Gasteiger partial charge in [-0.2, -0.15) is 13.2 Å². The van der Waals surface area contributed by atoms with E-state index in [1.54, 1.807) is 31.9 Å². The molecule has 0 aromatic carbocycles. The lowest BCUT2D eigenvalue weighted by molar-refractivity contribution is -0.126. The van der Waals surface area contributed by atoms with Crippen molar-refractivity contribution in [1.29, 1.82) is 0 Å². The van der Waals surface area contributed by atoms with Crippen LogP contribution in [0, 0.1) is 0 Å². The topological polar surface area (TPSA) is 20.2 Å². The molecule has 1 atom stereocenters. The summed E-state index contributed by atoms with van der Waals surface area (Å²) in [6.45, 7) is 0. The van der Waals surface area contributed by atoms with Crippen LogP contribution in [0.4, 0.5) is 13.2 Å². The Hall–Kier alpha value is 0.710. The van der Waals surface area contributed by atoms with E-state index in [2.05, 4.69) is 0 Å². The maximum absolute atomic E-state index is 11.6. The quantitative estimate of drug-likeness (QED) is 0.713. The van der Waals surface area contributed by atoms with Gasteiger partial charge in [0, 0.05) is 0 Å². The van der Waals surface area contributed by atoms with Crippen molar-refractivity contribution in [2.75, 3.05) is 0 Å². The molecule has 6 heteroatoms. The molecule has 0 spiro atoms. The normalized spacial score (nSPS) is 20.2. The molecule has 0 radical (unpaired) electrons. The number of hydrogen-bond donors (Lipinski definition) is 1. The van der Waals surface area contributed by atoms with Crippen molar-refractivity contribution >= 4 is 31.9 Å². The fourth-order valence-corrected chi connectivity index (χ4v) is 0. The molecule has 0 amide bonds. The molecule has 0 aliphatic carbocycles. The number of aliphatic hydroxyl groups is 1. The third kappa shape index (κ3) is 2.32. The van der Waals surface area contributed by atoms with Crippen LogP contribution in [0.2, 0.25) is 0 Å². The molecule has 0 aliphatic rings. The van der Waals surface area contributed by atoms with Gasteiger partial charge in [0.15, 0.2) is 0 Å². The maximum Gasteiger partial charge on any atom is 0.369 e. The highest BCUT2D eigenvalue weighted by molar-refractivity contribution is 9.12. The van der Waals surface area contributed by atoms with Crippen LogP contribution in [-0.4, -0.2) is 14.7 Å². The van der Waals surface area contributed by atoms with E-state index in [1.165, 1.54) is 0 Å². The summed E-state index contributed by atoms with van der Waals surface area (Å²) in [5.41, 5.74) is 0. The Labute approximate surface area is 60.1 Å². The van der Waals surface area contributed by atoms with Gasteiger partial charge in [-0.25, -0.2) is 0 Å². The minimum Gasteiger partial charge on any atom is -0.348 e. The van der Waals surface area contributed by atoms with Gasteiger partial charge in [-0.1, -0.05) is 0 Å². The summed E-state index contributed by atoms with van der Waals surface area (Å²) < 4.78 is 30.9. The molecule has 0 aromatic heterocycles. The largest absolute Gasteiger partial charge is 0.369 e. The zero-order chi connectivity index (χ0) is 7.00. The lowest BCUT2D eigenvalue weighted by atomic mass is 10.7. The Balaban J connectivity index is 4.02. The summed E-state index contributed by atoms with van der Waals surface area (Å²) in [5, 5.41) is 7.81. The predicted octanol–water partition coefficient (Wildman–Crippen LogP) is 1.98. The summed E-state index contributed by atoms with van der Waals surface area (Å²) in [6, 6.07) is 0. The Bertz CT molecular complexity index is 70.3. The average molecular weight is 258 g/mol. The summed E-state index contributed by atoms with van der Waals surface area (Å²) in [5.74, 6) is 0. The third-order valence-corrected chi connectivity index (χ3v) is 1.90. The molecule has 0 saturated carbocycles. The molecule has 0 fully saturated rings. The minimum atomic E-state index is -3.94. The second-order valence-corrected chi connectivity index (χ2v) is 3.09. The van der Waals surface area contributed by atoms with Crippen molar-refractivity contribution in [3.05, 3.63) is 0 Å². The van der Waals surface area contributed by atoms with Gasteiger partial charge in [0.25, 0.3) is 0 Å². The molecule has 50 valence electrons. The number of rotatable bonds is 1. The molecule has 8 heavy (non-hydrogen) atoms. The first-order valence-corrected chi connectivity index (χ1v) is 3.00. The van der Waals surface area contributed by atoms with Crippen LogP contribution >= 0.6 is 31.9 Å². The van der Waals surface area contributed by atoms with Gasteiger partial charge in [-0.3, -0.25) is 0 Å². The van der Waals surface area contributed by atoms with Crippen molar-refractivity contribution < 1.29 is 18.3 Å². The van der Waals surface area contributed by atoms with Crippen LogP contribution in [0.15, 0.2) is 0 Å². The smallest absolute Gasteiger partial charge is 0.348 e. The molecular formula is C2HBr2F3O. The van der Waals surface area contributed by atoms with Crippen LogP contribution < -0.4 is 0 Å². The van der Waals surface area contributed by atoms with Crippen LogP contribution in [0.5, 0.6) is 0 Å². The van der Waals surface area contributed by atoms with E-state index in [9.17, 15) is 13.2 Å². The van der Waals surface area contributed by atoms with Crippen LogP contribution in [0.1, 0.15) is 0 Å². The molecule has 0 rings (SSSR count). The molecule has 1 N–H and O–H groups in total. The van der Waals surface area contributed by atoms with E-state index in [0.717, 1.165) is 0 Å². The summed E-state index contributed by atoms with van der Waals surface area (Å²) in [4.78, 5) is -3.94. The average Bonchev–Trinajstić information content (AvgIpc) is 1.25. The zero-order valence-corrected chi connectivity index (χ0v) is 6.51. The Kier molecular flexibility index (Phi) is 2.34. The second-order valence-electron chi connectivity index (χ2n) is 1.04. The van der Waals surface area contributed by atoms with Gasteiger partial charge in [0.05, 0.1) is 0 Å². The van der Waals surface area contributed by atoms with Crippen molar-refractivity contribution in [3.8, 4) is 0 Å². The molecule has 0 saturated heterocycles. The van der Waals surface area contributed by atoms with E-state index in [4.69, 9.17) is 5.11 Å². The highest BCUT2D eigenvalue weighted by atomic mass is 79.9. The van der Waals surface area contributed by atoms with Gasteiger partial charge in [-0.15, -0.1) is 0 Å². The SMILES string of the molecule is OC(F)(Br)C(F)(F)Br. The lowest BCUT2D eigenvalue weighted by Crippen LogP contribution is -2.32. The molecule has 0 heterocycles. The fraction of sp³-hybridized carbons (Fsp3) is 1.00. The van der Waals surface area contributed by atoms with E-state index in [-0.39, 0.29) is 0 Å². The molecule has 1 unspecified atom stereocenters. The van der Waals surface area contributed by atoms with Gasteiger partial charge in [0.1, 0.15) is 0 Å². The minimum absolute atomic E-state index is 1.59. The Morgan fingerprint density at radius 3 is 1.25 bits per heavy atom. The number of hydrogen-bond acceptors (Lipinski definition) is 1. The summed E-state index contributed by atoms with van der Waals surface area (Å²) in [6.07, 6.45) is 0. The van der Waals surface area contributed by atoms with E-state index < -0.39 is 9.60 Å². The first-order chi connectivity index (χ1) is 3.25.